The third-order valence-electron chi connectivity index (χ3n) is 12.8. The molecule has 5 fully saturated rings. The maximum atomic E-state index is 12.5. The number of rotatable bonds is 6. The Bertz CT molecular complexity index is 915. The van der Waals surface area contributed by atoms with E-state index in [0.717, 1.165) is 56.8 Å². The minimum Gasteiger partial charge on any atom is -0.462 e. The van der Waals surface area contributed by atoms with Crippen LogP contribution >= 0.6 is 0 Å². The molecule has 5 aliphatic carbocycles. The Hall–Kier alpha value is -1.53. The number of allylic oxidation sites excluding steroid dienone is 1. The van der Waals surface area contributed by atoms with Crippen LogP contribution in [0.2, 0.25) is 0 Å². The Morgan fingerprint density at radius 1 is 0.837 bits per heavy atom. The van der Waals surface area contributed by atoms with E-state index in [-0.39, 0.29) is 22.9 Å². The van der Waals surface area contributed by atoms with E-state index < -0.39 is 0 Å². The number of aliphatic hydroxyl groups is 1. The second kappa shape index (κ2) is 16.2. The first kappa shape index (κ1) is 37.7. The van der Waals surface area contributed by atoms with Crippen LogP contribution in [0, 0.1) is 51.2 Å². The first-order valence-electron chi connectivity index (χ1n) is 17.0. The van der Waals surface area contributed by atoms with Gasteiger partial charge in [0.15, 0.2) is 0 Å². The van der Waals surface area contributed by atoms with E-state index in [0.29, 0.717) is 41.9 Å². The van der Waals surface area contributed by atoms with Gasteiger partial charge in [-0.2, -0.15) is 0 Å². The van der Waals surface area contributed by atoms with Crippen LogP contribution < -0.4 is 0 Å². The van der Waals surface area contributed by atoms with E-state index in [4.69, 9.17) is 9.84 Å². The summed E-state index contributed by atoms with van der Waals surface area (Å²) in [6, 6.07) is 0. The van der Waals surface area contributed by atoms with Crippen LogP contribution in [0.3, 0.4) is 0 Å². The molecule has 5 aliphatic rings. The Kier molecular flexibility index (Phi) is 14.1. The fourth-order valence-corrected chi connectivity index (χ4v) is 11.0. The third kappa shape index (κ3) is 7.32. The summed E-state index contributed by atoms with van der Waals surface area (Å²) in [6.45, 7) is 15.1. The van der Waals surface area contributed by atoms with Gasteiger partial charge in [0.25, 0.3) is 0 Å². The first-order valence-corrected chi connectivity index (χ1v) is 17.0. The minimum atomic E-state index is -0.132. The maximum absolute atomic E-state index is 12.5. The zero-order valence-corrected chi connectivity index (χ0v) is 28.8. The van der Waals surface area contributed by atoms with Gasteiger partial charge in [0.2, 0.25) is 0 Å². The van der Waals surface area contributed by atoms with Crippen LogP contribution in [-0.2, 0) is 23.9 Å². The van der Waals surface area contributed by atoms with Gasteiger partial charge in [-0.25, -0.2) is 0 Å². The van der Waals surface area contributed by atoms with Gasteiger partial charge >= 0.3 is 5.97 Å². The fraction of sp³-hybridized carbons (Fsp3) is 0.865. The van der Waals surface area contributed by atoms with Crippen molar-refractivity contribution < 1.29 is 29.0 Å². The Morgan fingerprint density at radius 2 is 1.40 bits per heavy atom. The van der Waals surface area contributed by atoms with Gasteiger partial charge in [-0.1, -0.05) is 40.2 Å². The number of esters is 1. The van der Waals surface area contributed by atoms with Gasteiger partial charge in [0.05, 0.1) is 0 Å². The topological polar surface area (TPSA) is 89.9 Å². The standard InChI is InChI=1S/C31H48O4.C3H6.C2H6O.CH4O/c1-28(2)25-13-12-21-22(30(25,4)16-14-26(28)35-27(34)9-5-6-19-32)10-11-23-24-8-7-15-31(24,20-33)18-17-29(21,23)3;2*1-3-2;1-2/h19-26H,5-18H2,1-4H3;3H,1H2,2H3;1-2H3;2H,1H3/t21?,22?,23?,24?,25?,26?,29-,30?,31?;;;/m0.../s1. The smallest absolute Gasteiger partial charge is 0.306 e. The number of carbonyl (C=O) groups is 3. The van der Waals surface area contributed by atoms with Crippen molar-refractivity contribution in [2.45, 2.75) is 131 Å². The number of unbranched alkanes of at least 4 members (excludes halogenated alkanes) is 1. The molecule has 5 saturated carbocycles. The molecule has 9 atom stereocenters. The van der Waals surface area contributed by atoms with Crippen molar-refractivity contribution in [1.82, 2.24) is 0 Å². The maximum Gasteiger partial charge on any atom is 0.306 e. The number of hydrogen-bond acceptors (Lipinski definition) is 6. The van der Waals surface area contributed by atoms with Crippen molar-refractivity contribution in [2.75, 3.05) is 21.3 Å². The van der Waals surface area contributed by atoms with Crippen LogP contribution in [0.15, 0.2) is 12.7 Å². The molecule has 0 aromatic rings. The summed E-state index contributed by atoms with van der Waals surface area (Å²) in [7, 11) is 4.25. The van der Waals surface area contributed by atoms with Crippen molar-refractivity contribution in [3.05, 3.63) is 12.7 Å². The van der Waals surface area contributed by atoms with Crippen molar-refractivity contribution in [3.63, 3.8) is 0 Å². The number of aliphatic hydroxyl groups excluding tert-OH is 1. The minimum absolute atomic E-state index is 0.00619. The van der Waals surface area contributed by atoms with Gasteiger partial charge in [0, 0.05) is 45.0 Å². The molecular formula is C37H64O6. The van der Waals surface area contributed by atoms with Gasteiger partial charge in [-0.15, -0.1) is 6.58 Å². The molecule has 6 heteroatoms. The Morgan fingerprint density at radius 3 is 1.98 bits per heavy atom. The monoisotopic (exact) mass is 604 g/mol. The van der Waals surface area contributed by atoms with Gasteiger partial charge in [0.1, 0.15) is 18.7 Å². The number of carbonyl (C=O) groups excluding carboxylic acids is 3. The number of methoxy groups -OCH3 is 1. The van der Waals surface area contributed by atoms with Crippen LogP contribution in [-0.4, -0.2) is 51.1 Å². The molecule has 43 heavy (non-hydrogen) atoms. The first-order chi connectivity index (χ1) is 20.4. The summed E-state index contributed by atoms with van der Waals surface area (Å²) >= 11 is 0. The number of aldehydes is 2. The lowest BCUT2D eigenvalue weighted by atomic mass is 9.37. The lowest BCUT2D eigenvalue weighted by Gasteiger charge is -2.68. The van der Waals surface area contributed by atoms with E-state index in [1.54, 1.807) is 20.3 Å². The number of fused-ring (bicyclic) bond motifs is 7. The predicted octanol–water partition coefficient (Wildman–Crippen LogP) is 8.00. The van der Waals surface area contributed by atoms with Crippen LogP contribution in [0.4, 0.5) is 0 Å². The quantitative estimate of drug-likeness (QED) is 0.143. The zero-order chi connectivity index (χ0) is 32.5. The molecule has 0 bridgehead atoms. The summed E-state index contributed by atoms with van der Waals surface area (Å²) in [5, 5.41) is 7.00. The van der Waals surface area contributed by atoms with Gasteiger partial charge in [-0.05, 0) is 118 Å². The number of hydrogen-bond donors (Lipinski definition) is 1. The largest absolute Gasteiger partial charge is 0.462 e. The van der Waals surface area contributed by atoms with Crippen molar-refractivity contribution in [2.24, 2.45) is 51.2 Å². The second-order valence-corrected chi connectivity index (χ2v) is 15.1. The van der Waals surface area contributed by atoms with E-state index in [1.807, 2.05) is 6.92 Å². The highest BCUT2D eigenvalue weighted by molar-refractivity contribution is 5.70. The van der Waals surface area contributed by atoms with Crippen molar-refractivity contribution in [1.29, 1.82) is 0 Å². The lowest BCUT2D eigenvalue weighted by molar-refractivity contribution is -0.212. The highest BCUT2D eigenvalue weighted by Gasteiger charge is 2.66. The molecule has 0 aliphatic heterocycles. The summed E-state index contributed by atoms with van der Waals surface area (Å²) in [6.07, 6.45) is 18.6. The SMILES string of the molecule is C=CC.CC1(C)C(OC(=O)CCCC=O)CCC2(C)C3CCC4C5CCCC5(C=O)CC[C@@]4(C)C3CCC12.CO.COC. The van der Waals surface area contributed by atoms with E-state index in [1.165, 1.54) is 51.2 Å². The Balaban J connectivity index is 0.000000733. The highest BCUT2D eigenvalue weighted by Crippen LogP contribution is 2.72. The second-order valence-electron chi connectivity index (χ2n) is 15.1. The van der Waals surface area contributed by atoms with Crippen molar-refractivity contribution >= 4 is 18.5 Å². The summed E-state index contributed by atoms with van der Waals surface area (Å²) in [4.78, 5) is 35.4. The normalized spacial score (nSPS) is 39.9. The van der Waals surface area contributed by atoms with Gasteiger partial charge in [-0.3, -0.25) is 4.79 Å². The molecule has 6 nitrogen and oxygen atoms in total. The summed E-state index contributed by atoms with van der Waals surface area (Å²) in [5.74, 6) is 3.30. The molecule has 0 spiro atoms. The lowest BCUT2D eigenvalue weighted by Crippen LogP contribution is -2.62. The summed E-state index contributed by atoms with van der Waals surface area (Å²) in [5.41, 5.74) is 0.647. The average molecular weight is 605 g/mol. The zero-order valence-electron chi connectivity index (χ0n) is 28.8. The van der Waals surface area contributed by atoms with E-state index in [2.05, 4.69) is 39.0 Å². The molecule has 1 N–H and O–H groups in total. The molecule has 0 aromatic carbocycles. The molecule has 0 amide bonds. The number of ether oxygens (including phenoxy) is 2. The molecule has 5 rings (SSSR count). The molecule has 8 unspecified atom stereocenters. The fourth-order valence-electron chi connectivity index (χ4n) is 11.0. The predicted molar refractivity (Wildman–Crippen MR) is 173 cm³/mol. The molecule has 0 aromatic heterocycles. The highest BCUT2D eigenvalue weighted by atomic mass is 16.5. The average Bonchev–Trinajstić information content (AvgIpc) is 3.41. The van der Waals surface area contributed by atoms with Crippen LogP contribution in [0.1, 0.15) is 125 Å². The third-order valence-corrected chi connectivity index (χ3v) is 12.8. The molecule has 0 radical (unpaired) electrons. The molecule has 0 saturated heterocycles. The molecule has 248 valence electrons. The van der Waals surface area contributed by atoms with E-state index >= 15 is 0 Å². The van der Waals surface area contributed by atoms with Crippen molar-refractivity contribution in [3.8, 4) is 0 Å². The molecular weight excluding hydrogens is 540 g/mol. The summed E-state index contributed by atoms with van der Waals surface area (Å²) < 4.78 is 10.3. The van der Waals surface area contributed by atoms with Gasteiger partial charge < -0.3 is 24.2 Å². The Labute approximate surface area is 263 Å². The van der Waals surface area contributed by atoms with Crippen LogP contribution in [0.5, 0.6) is 0 Å². The molecule has 0 heterocycles. The van der Waals surface area contributed by atoms with Crippen LogP contribution in [0.25, 0.3) is 0 Å². The van der Waals surface area contributed by atoms with E-state index in [9.17, 15) is 14.4 Å².